The first kappa shape index (κ1) is 14.1. The Labute approximate surface area is 122 Å². The Kier molecular flexibility index (Phi) is 4.27. The Bertz CT molecular complexity index is 544. The lowest BCUT2D eigenvalue weighted by Gasteiger charge is -2.19. The third-order valence-electron chi connectivity index (χ3n) is 2.88. The molecular formula is C16H17BrO2. The van der Waals surface area contributed by atoms with Crippen LogP contribution in [0.3, 0.4) is 0 Å². The van der Waals surface area contributed by atoms with Crippen LogP contribution in [0.25, 0.3) is 0 Å². The Morgan fingerprint density at radius 1 is 1.11 bits per heavy atom. The van der Waals surface area contributed by atoms with Crippen molar-refractivity contribution < 1.29 is 9.84 Å². The maximum Gasteiger partial charge on any atom is 0.134 e. The summed E-state index contributed by atoms with van der Waals surface area (Å²) >= 11 is 3.48. The summed E-state index contributed by atoms with van der Waals surface area (Å²) in [5.74, 6) is 0.775. The zero-order chi connectivity index (χ0) is 13.9. The van der Waals surface area contributed by atoms with Gasteiger partial charge >= 0.3 is 0 Å². The van der Waals surface area contributed by atoms with Gasteiger partial charge in [-0.1, -0.05) is 36.4 Å². The van der Waals surface area contributed by atoms with Crippen LogP contribution in [0.1, 0.15) is 25.0 Å². The highest BCUT2D eigenvalue weighted by Gasteiger charge is 2.17. The van der Waals surface area contributed by atoms with Crippen molar-refractivity contribution >= 4 is 15.9 Å². The van der Waals surface area contributed by atoms with E-state index in [1.165, 1.54) is 0 Å². The molecule has 0 aromatic heterocycles. The molecule has 0 radical (unpaired) electrons. The summed E-state index contributed by atoms with van der Waals surface area (Å²) in [4.78, 5) is 0. The normalized spacial score (nSPS) is 11.4. The van der Waals surface area contributed by atoms with E-state index < -0.39 is 5.60 Å². The molecule has 2 nitrogen and oxygen atoms in total. The number of aliphatic hydroxyl groups is 1. The number of rotatable bonds is 4. The lowest BCUT2D eigenvalue weighted by Crippen LogP contribution is -2.15. The second-order valence-electron chi connectivity index (χ2n) is 4.98. The van der Waals surface area contributed by atoms with Crippen molar-refractivity contribution in [3.05, 3.63) is 64.1 Å². The molecular weight excluding hydrogens is 304 g/mol. The molecule has 19 heavy (non-hydrogen) atoms. The number of ether oxygens (including phenoxy) is 1. The van der Waals surface area contributed by atoms with Crippen LogP contribution in [-0.2, 0) is 12.2 Å². The minimum absolute atomic E-state index is 0.529. The third-order valence-corrected chi connectivity index (χ3v) is 3.50. The van der Waals surface area contributed by atoms with Crippen molar-refractivity contribution in [1.29, 1.82) is 0 Å². The highest BCUT2D eigenvalue weighted by molar-refractivity contribution is 9.10. The van der Waals surface area contributed by atoms with Crippen LogP contribution in [0, 0.1) is 0 Å². The molecule has 0 saturated carbocycles. The van der Waals surface area contributed by atoms with E-state index in [1.54, 1.807) is 13.8 Å². The van der Waals surface area contributed by atoms with Crippen LogP contribution >= 0.6 is 15.9 Å². The van der Waals surface area contributed by atoms with Gasteiger partial charge in [0.15, 0.2) is 0 Å². The van der Waals surface area contributed by atoms with E-state index in [0.29, 0.717) is 6.61 Å². The van der Waals surface area contributed by atoms with Crippen molar-refractivity contribution in [2.75, 3.05) is 0 Å². The molecule has 0 aliphatic rings. The molecule has 3 heteroatoms. The zero-order valence-electron chi connectivity index (χ0n) is 11.1. The molecule has 0 heterocycles. The van der Waals surface area contributed by atoms with Gasteiger partial charge in [-0.25, -0.2) is 0 Å². The average molecular weight is 321 g/mol. The Balaban J connectivity index is 2.10. The molecule has 2 rings (SSSR count). The fourth-order valence-corrected chi connectivity index (χ4v) is 2.23. The standard InChI is InChI=1S/C16H17BrO2/c1-16(2,18)13-8-9-15(14(17)10-13)19-11-12-6-4-3-5-7-12/h3-10,18H,11H2,1-2H3. The molecule has 2 aromatic rings. The van der Waals surface area contributed by atoms with Gasteiger partial charge in [-0.05, 0) is 53.0 Å². The van der Waals surface area contributed by atoms with Gasteiger partial charge in [-0.15, -0.1) is 0 Å². The highest BCUT2D eigenvalue weighted by Crippen LogP contribution is 2.30. The SMILES string of the molecule is CC(C)(O)c1ccc(OCc2ccccc2)c(Br)c1. The van der Waals surface area contributed by atoms with Crippen LogP contribution < -0.4 is 4.74 Å². The van der Waals surface area contributed by atoms with Crippen LogP contribution in [0.5, 0.6) is 5.75 Å². The fraction of sp³-hybridized carbons (Fsp3) is 0.250. The molecule has 0 atom stereocenters. The van der Waals surface area contributed by atoms with E-state index in [4.69, 9.17) is 4.74 Å². The molecule has 0 bridgehead atoms. The number of benzene rings is 2. The predicted octanol–water partition coefficient (Wildman–Crippen LogP) is 4.26. The van der Waals surface area contributed by atoms with Crippen molar-refractivity contribution in [2.45, 2.75) is 26.1 Å². The second-order valence-corrected chi connectivity index (χ2v) is 5.83. The average Bonchev–Trinajstić information content (AvgIpc) is 2.37. The summed E-state index contributed by atoms with van der Waals surface area (Å²) in [6, 6.07) is 15.7. The Morgan fingerprint density at radius 3 is 2.37 bits per heavy atom. The maximum absolute atomic E-state index is 9.95. The lowest BCUT2D eigenvalue weighted by molar-refractivity contribution is 0.0784. The molecule has 0 aliphatic carbocycles. The minimum atomic E-state index is -0.847. The molecule has 0 saturated heterocycles. The van der Waals surface area contributed by atoms with Crippen LogP contribution in [0.15, 0.2) is 53.0 Å². The summed E-state index contributed by atoms with van der Waals surface area (Å²) in [6.45, 7) is 4.06. The maximum atomic E-state index is 9.95. The minimum Gasteiger partial charge on any atom is -0.488 e. The largest absolute Gasteiger partial charge is 0.488 e. The van der Waals surface area contributed by atoms with Crippen molar-refractivity contribution in [1.82, 2.24) is 0 Å². The monoisotopic (exact) mass is 320 g/mol. The summed E-state index contributed by atoms with van der Waals surface area (Å²) in [5, 5.41) is 9.95. The topological polar surface area (TPSA) is 29.5 Å². The number of halogens is 1. The molecule has 0 aliphatic heterocycles. The number of hydrogen-bond acceptors (Lipinski definition) is 2. The van der Waals surface area contributed by atoms with Crippen molar-refractivity contribution in [3.63, 3.8) is 0 Å². The first-order valence-electron chi connectivity index (χ1n) is 6.16. The molecule has 1 N–H and O–H groups in total. The number of hydrogen-bond donors (Lipinski definition) is 1. The zero-order valence-corrected chi connectivity index (χ0v) is 12.6. The first-order chi connectivity index (χ1) is 8.97. The van der Waals surface area contributed by atoms with Crippen molar-refractivity contribution in [3.8, 4) is 5.75 Å². The van der Waals surface area contributed by atoms with Gasteiger partial charge < -0.3 is 9.84 Å². The third kappa shape index (κ3) is 3.82. The van der Waals surface area contributed by atoms with E-state index in [2.05, 4.69) is 15.9 Å². The van der Waals surface area contributed by atoms with E-state index in [9.17, 15) is 5.11 Å². The summed E-state index contributed by atoms with van der Waals surface area (Å²) < 4.78 is 6.61. The van der Waals surface area contributed by atoms with Gasteiger partial charge in [-0.2, -0.15) is 0 Å². The van der Waals surface area contributed by atoms with E-state index >= 15 is 0 Å². The lowest BCUT2D eigenvalue weighted by atomic mass is 9.99. The van der Waals surface area contributed by atoms with Crippen LogP contribution in [0.4, 0.5) is 0 Å². The van der Waals surface area contributed by atoms with Gasteiger partial charge in [0, 0.05) is 0 Å². The van der Waals surface area contributed by atoms with E-state index in [1.807, 2.05) is 48.5 Å². The van der Waals surface area contributed by atoms with Gasteiger partial charge in [0.2, 0.25) is 0 Å². The smallest absolute Gasteiger partial charge is 0.134 e. The fourth-order valence-electron chi connectivity index (χ4n) is 1.73. The second kappa shape index (κ2) is 5.76. The first-order valence-corrected chi connectivity index (χ1v) is 6.95. The Hall–Kier alpha value is -1.32. The van der Waals surface area contributed by atoms with Gasteiger partial charge in [0.25, 0.3) is 0 Å². The van der Waals surface area contributed by atoms with Gasteiger partial charge in [0.1, 0.15) is 12.4 Å². The van der Waals surface area contributed by atoms with E-state index in [-0.39, 0.29) is 0 Å². The molecule has 0 fully saturated rings. The molecule has 2 aromatic carbocycles. The summed E-state index contributed by atoms with van der Waals surface area (Å²) in [7, 11) is 0. The molecule has 0 unspecified atom stereocenters. The molecule has 100 valence electrons. The van der Waals surface area contributed by atoms with Crippen LogP contribution in [-0.4, -0.2) is 5.11 Å². The van der Waals surface area contributed by atoms with Gasteiger partial charge in [-0.3, -0.25) is 0 Å². The Morgan fingerprint density at radius 2 is 1.79 bits per heavy atom. The summed E-state index contributed by atoms with van der Waals surface area (Å²) in [6.07, 6.45) is 0. The highest BCUT2D eigenvalue weighted by atomic mass is 79.9. The van der Waals surface area contributed by atoms with E-state index in [0.717, 1.165) is 21.3 Å². The van der Waals surface area contributed by atoms with Crippen molar-refractivity contribution in [2.24, 2.45) is 0 Å². The quantitative estimate of drug-likeness (QED) is 0.912. The predicted molar refractivity (Wildman–Crippen MR) is 80.2 cm³/mol. The van der Waals surface area contributed by atoms with Gasteiger partial charge in [0.05, 0.1) is 10.1 Å². The van der Waals surface area contributed by atoms with Crippen LogP contribution in [0.2, 0.25) is 0 Å². The molecule has 0 spiro atoms. The summed E-state index contributed by atoms with van der Waals surface area (Å²) in [5.41, 5.74) is 1.13. The molecule has 0 amide bonds.